The number of rotatable bonds is 7. The minimum Gasteiger partial charge on any atom is -0.493 e. The fourth-order valence-electron chi connectivity index (χ4n) is 1.96. The van der Waals surface area contributed by atoms with Gasteiger partial charge in [0.15, 0.2) is 11.5 Å². The maximum Gasteiger partial charge on any atom is 0.282 e. The zero-order valence-electron chi connectivity index (χ0n) is 13.2. The second-order valence-corrected chi connectivity index (χ2v) is 4.63. The average molecular weight is 333 g/mol. The lowest BCUT2D eigenvalue weighted by molar-refractivity contribution is -0.385. The van der Waals surface area contributed by atoms with Crippen molar-refractivity contribution in [2.45, 2.75) is 6.92 Å². The van der Waals surface area contributed by atoms with Gasteiger partial charge in [0.2, 0.25) is 0 Å². The first kappa shape index (κ1) is 17.2. The van der Waals surface area contributed by atoms with E-state index < -0.39 is 4.92 Å². The third-order valence-corrected chi connectivity index (χ3v) is 3.05. The van der Waals surface area contributed by atoms with Gasteiger partial charge in [-0.3, -0.25) is 15.5 Å². The van der Waals surface area contributed by atoms with Crippen LogP contribution in [0, 0.1) is 15.9 Å². The Morgan fingerprint density at radius 1 is 1.29 bits per heavy atom. The van der Waals surface area contributed by atoms with Crippen molar-refractivity contribution in [3.8, 4) is 11.5 Å². The van der Waals surface area contributed by atoms with E-state index in [0.29, 0.717) is 18.0 Å². The molecule has 0 heterocycles. The van der Waals surface area contributed by atoms with Crippen LogP contribution in [-0.4, -0.2) is 24.9 Å². The van der Waals surface area contributed by atoms with Crippen LogP contribution in [0.25, 0.3) is 0 Å². The first-order valence-corrected chi connectivity index (χ1v) is 7.09. The zero-order chi connectivity index (χ0) is 17.5. The Balaban J connectivity index is 2.29. The van der Waals surface area contributed by atoms with Crippen molar-refractivity contribution in [2.75, 3.05) is 19.1 Å². The molecule has 24 heavy (non-hydrogen) atoms. The second kappa shape index (κ2) is 7.91. The van der Waals surface area contributed by atoms with Crippen LogP contribution in [0.1, 0.15) is 12.5 Å². The van der Waals surface area contributed by atoms with Crippen molar-refractivity contribution in [3.63, 3.8) is 0 Å². The lowest BCUT2D eigenvalue weighted by Crippen LogP contribution is -2.01. The molecular formula is C16H16FN3O4. The van der Waals surface area contributed by atoms with Crippen LogP contribution >= 0.6 is 0 Å². The smallest absolute Gasteiger partial charge is 0.282 e. The molecule has 0 atom stereocenters. The number of benzene rings is 2. The predicted octanol–water partition coefficient (Wildman–Crippen LogP) is 3.59. The van der Waals surface area contributed by atoms with Crippen LogP contribution in [0.4, 0.5) is 15.8 Å². The molecule has 0 saturated carbocycles. The Labute approximate surface area is 137 Å². The molecule has 0 saturated heterocycles. The SMILES string of the molecule is CCOc1cc(C=NNc2ccc(F)cc2)c([N+](=O)[O-])cc1OC. The number of hydrazone groups is 1. The van der Waals surface area contributed by atoms with Crippen molar-refractivity contribution in [1.82, 2.24) is 0 Å². The van der Waals surface area contributed by atoms with Gasteiger partial charge in [0.05, 0.1) is 42.2 Å². The van der Waals surface area contributed by atoms with Gasteiger partial charge in [-0.05, 0) is 37.3 Å². The Hall–Kier alpha value is -3.16. The number of nitrogens with zero attached hydrogens (tertiary/aromatic N) is 2. The Morgan fingerprint density at radius 2 is 2.00 bits per heavy atom. The summed E-state index contributed by atoms with van der Waals surface area (Å²) in [6.45, 7) is 2.18. The third kappa shape index (κ3) is 4.19. The van der Waals surface area contributed by atoms with E-state index in [1.807, 2.05) is 0 Å². The van der Waals surface area contributed by atoms with Crippen molar-refractivity contribution in [3.05, 3.63) is 57.9 Å². The fraction of sp³-hybridized carbons (Fsp3) is 0.188. The molecule has 0 spiro atoms. The largest absolute Gasteiger partial charge is 0.493 e. The summed E-state index contributed by atoms with van der Waals surface area (Å²) in [5, 5.41) is 15.2. The van der Waals surface area contributed by atoms with E-state index in [4.69, 9.17) is 9.47 Å². The average Bonchev–Trinajstić information content (AvgIpc) is 2.57. The highest BCUT2D eigenvalue weighted by Crippen LogP contribution is 2.34. The fourth-order valence-corrected chi connectivity index (χ4v) is 1.96. The van der Waals surface area contributed by atoms with E-state index in [2.05, 4.69) is 10.5 Å². The monoisotopic (exact) mass is 333 g/mol. The number of nitro groups is 1. The van der Waals surface area contributed by atoms with Crippen LogP contribution in [-0.2, 0) is 0 Å². The Bertz CT molecular complexity index is 748. The van der Waals surface area contributed by atoms with E-state index in [9.17, 15) is 14.5 Å². The van der Waals surface area contributed by atoms with Crippen LogP contribution in [0.3, 0.4) is 0 Å². The highest BCUT2D eigenvalue weighted by atomic mass is 19.1. The molecule has 0 amide bonds. The molecule has 0 radical (unpaired) electrons. The van der Waals surface area contributed by atoms with E-state index in [1.54, 1.807) is 6.92 Å². The lowest BCUT2D eigenvalue weighted by atomic mass is 10.1. The quantitative estimate of drug-likeness (QED) is 0.475. The molecule has 7 nitrogen and oxygen atoms in total. The first-order chi connectivity index (χ1) is 11.5. The summed E-state index contributed by atoms with van der Waals surface area (Å²) in [4.78, 5) is 10.7. The van der Waals surface area contributed by atoms with Crippen molar-refractivity contribution in [2.24, 2.45) is 5.10 Å². The third-order valence-electron chi connectivity index (χ3n) is 3.05. The molecule has 0 aliphatic rings. The van der Waals surface area contributed by atoms with Gasteiger partial charge in [-0.1, -0.05) is 0 Å². The number of anilines is 1. The number of ether oxygens (including phenoxy) is 2. The molecule has 0 aliphatic carbocycles. The molecule has 0 aromatic heterocycles. The molecule has 2 rings (SSSR count). The number of hydrogen-bond acceptors (Lipinski definition) is 6. The van der Waals surface area contributed by atoms with Crippen LogP contribution in [0.5, 0.6) is 11.5 Å². The minimum absolute atomic E-state index is 0.167. The van der Waals surface area contributed by atoms with Gasteiger partial charge < -0.3 is 9.47 Å². The topological polar surface area (TPSA) is 86.0 Å². The van der Waals surface area contributed by atoms with E-state index in [-0.39, 0.29) is 22.8 Å². The summed E-state index contributed by atoms with van der Waals surface area (Å²) in [7, 11) is 1.41. The summed E-state index contributed by atoms with van der Waals surface area (Å²) in [6.07, 6.45) is 1.30. The lowest BCUT2D eigenvalue weighted by Gasteiger charge is -2.10. The summed E-state index contributed by atoms with van der Waals surface area (Å²) in [6, 6.07) is 8.32. The maximum absolute atomic E-state index is 12.8. The zero-order valence-corrected chi connectivity index (χ0v) is 13.2. The van der Waals surface area contributed by atoms with Gasteiger partial charge in [0, 0.05) is 0 Å². The number of methoxy groups -OCH3 is 1. The molecular weight excluding hydrogens is 317 g/mol. The number of nitrogens with one attached hydrogen (secondary N) is 1. The Kier molecular flexibility index (Phi) is 5.67. The second-order valence-electron chi connectivity index (χ2n) is 4.63. The van der Waals surface area contributed by atoms with Gasteiger partial charge in [0.1, 0.15) is 5.82 Å². The van der Waals surface area contributed by atoms with Gasteiger partial charge in [-0.25, -0.2) is 4.39 Å². The van der Waals surface area contributed by atoms with E-state index >= 15 is 0 Å². The first-order valence-electron chi connectivity index (χ1n) is 7.09. The molecule has 126 valence electrons. The molecule has 2 aromatic carbocycles. The summed E-state index contributed by atoms with van der Waals surface area (Å²) >= 11 is 0. The van der Waals surface area contributed by atoms with Gasteiger partial charge in [0.25, 0.3) is 5.69 Å². The van der Waals surface area contributed by atoms with Crippen LogP contribution < -0.4 is 14.9 Å². The number of nitro benzene ring substituents is 1. The minimum atomic E-state index is -0.530. The van der Waals surface area contributed by atoms with Gasteiger partial charge in [-0.2, -0.15) is 5.10 Å². The van der Waals surface area contributed by atoms with Crippen LogP contribution in [0.2, 0.25) is 0 Å². The van der Waals surface area contributed by atoms with Crippen molar-refractivity contribution >= 4 is 17.6 Å². The van der Waals surface area contributed by atoms with E-state index in [1.165, 1.54) is 49.7 Å². The number of hydrogen-bond donors (Lipinski definition) is 1. The van der Waals surface area contributed by atoms with Crippen molar-refractivity contribution in [1.29, 1.82) is 0 Å². The molecule has 8 heteroatoms. The van der Waals surface area contributed by atoms with Crippen molar-refractivity contribution < 1.29 is 18.8 Å². The molecule has 0 bridgehead atoms. The van der Waals surface area contributed by atoms with Gasteiger partial charge >= 0.3 is 0 Å². The summed E-state index contributed by atoms with van der Waals surface area (Å²) in [5.41, 5.74) is 3.31. The van der Waals surface area contributed by atoms with E-state index in [0.717, 1.165) is 0 Å². The maximum atomic E-state index is 12.8. The van der Waals surface area contributed by atoms with Crippen LogP contribution in [0.15, 0.2) is 41.5 Å². The normalized spacial score (nSPS) is 10.6. The molecule has 2 aromatic rings. The highest BCUT2D eigenvalue weighted by molar-refractivity contribution is 5.87. The Morgan fingerprint density at radius 3 is 2.58 bits per heavy atom. The van der Waals surface area contributed by atoms with Gasteiger partial charge in [-0.15, -0.1) is 0 Å². The molecule has 0 fully saturated rings. The predicted molar refractivity (Wildman–Crippen MR) is 88.4 cm³/mol. The summed E-state index contributed by atoms with van der Waals surface area (Å²) in [5.74, 6) is 0.290. The highest BCUT2D eigenvalue weighted by Gasteiger charge is 2.18. The molecule has 0 aliphatic heterocycles. The number of halogens is 1. The summed E-state index contributed by atoms with van der Waals surface area (Å²) < 4.78 is 23.4. The molecule has 0 unspecified atom stereocenters. The standard InChI is InChI=1S/C16H16FN3O4/c1-3-24-16-8-11(14(20(21)22)9-15(16)23-2)10-18-19-13-6-4-12(17)5-7-13/h4-10,19H,3H2,1-2H3. The molecule has 1 N–H and O–H groups in total.